The zero-order chi connectivity index (χ0) is 16.8. The molecule has 0 aliphatic carbocycles. The van der Waals surface area contributed by atoms with Crippen LogP contribution in [0.2, 0.25) is 5.02 Å². The molecule has 0 fully saturated rings. The molecule has 0 aliphatic heterocycles. The van der Waals surface area contributed by atoms with E-state index in [-0.39, 0.29) is 18.4 Å². The van der Waals surface area contributed by atoms with Crippen LogP contribution in [-0.2, 0) is 4.79 Å². The van der Waals surface area contributed by atoms with Crippen LogP contribution in [-0.4, -0.2) is 41.5 Å². The molecule has 0 bridgehead atoms. The van der Waals surface area contributed by atoms with Crippen molar-refractivity contribution in [3.63, 3.8) is 0 Å². The number of carbonyl (C=O) groups is 2. The van der Waals surface area contributed by atoms with Crippen LogP contribution in [0, 0.1) is 0 Å². The number of carbonyl (C=O) groups excluding carboxylic acids is 2. The molecule has 2 amide bonds. The van der Waals surface area contributed by atoms with E-state index in [0.29, 0.717) is 16.3 Å². The Morgan fingerprint density at radius 1 is 1.30 bits per heavy atom. The van der Waals surface area contributed by atoms with Crippen molar-refractivity contribution in [3.05, 3.63) is 53.2 Å². The molecule has 1 heterocycles. The lowest BCUT2D eigenvalue weighted by molar-refractivity contribution is -0.116. The van der Waals surface area contributed by atoms with Crippen LogP contribution < -0.4 is 5.32 Å². The van der Waals surface area contributed by atoms with Crippen LogP contribution in [0.5, 0.6) is 0 Å². The third kappa shape index (κ3) is 4.97. The number of aromatic nitrogens is 1. The molecule has 0 unspecified atom stereocenters. The van der Waals surface area contributed by atoms with Gasteiger partial charge in [0.15, 0.2) is 0 Å². The van der Waals surface area contributed by atoms with E-state index >= 15 is 0 Å². The fourth-order valence-electron chi connectivity index (χ4n) is 1.90. The largest absolute Gasteiger partial charge is 0.332 e. The maximum Gasteiger partial charge on any atom is 0.255 e. The van der Waals surface area contributed by atoms with Crippen LogP contribution in [0.15, 0.2) is 47.6 Å². The average Bonchev–Trinajstić information content (AvgIpc) is 2.54. The molecular weight excluding hydrogens is 334 g/mol. The summed E-state index contributed by atoms with van der Waals surface area (Å²) in [5, 5.41) is 4.07. The van der Waals surface area contributed by atoms with Crippen molar-refractivity contribution in [2.24, 2.45) is 0 Å². The summed E-state index contributed by atoms with van der Waals surface area (Å²) in [6.07, 6.45) is 3.43. The zero-order valence-corrected chi connectivity index (χ0v) is 14.3. The van der Waals surface area contributed by atoms with Crippen molar-refractivity contribution in [1.29, 1.82) is 0 Å². The summed E-state index contributed by atoms with van der Waals surface area (Å²) < 4.78 is 0. The van der Waals surface area contributed by atoms with E-state index in [9.17, 15) is 9.59 Å². The van der Waals surface area contributed by atoms with Gasteiger partial charge in [-0.1, -0.05) is 17.7 Å². The summed E-state index contributed by atoms with van der Waals surface area (Å²) in [5.41, 5.74) is 1.04. The first-order chi connectivity index (χ1) is 11.0. The van der Waals surface area contributed by atoms with Crippen LogP contribution >= 0.6 is 23.4 Å². The standard InChI is InChI=1S/C16H16ClN3O2S/c1-20(16(22)11-6-7-15(23-2)18-9-11)10-14(21)19-13-5-3-4-12(17)8-13/h3-9H,10H2,1-2H3,(H,19,21). The predicted octanol–water partition coefficient (Wildman–Crippen LogP) is 3.17. The van der Waals surface area contributed by atoms with E-state index in [0.717, 1.165) is 5.03 Å². The minimum Gasteiger partial charge on any atom is -0.332 e. The van der Waals surface area contributed by atoms with Gasteiger partial charge < -0.3 is 10.2 Å². The van der Waals surface area contributed by atoms with E-state index in [1.807, 2.05) is 6.26 Å². The fourth-order valence-corrected chi connectivity index (χ4v) is 2.45. The number of likely N-dealkylation sites (N-methyl/N-ethyl adjacent to an activating group) is 1. The molecule has 120 valence electrons. The lowest BCUT2D eigenvalue weighted by atomic mass is 10.2. The molecule has 23 heavy (non-hydrogen) atoms. The molecule has 0 saturated heterocycles. The van der Waals surface area contributed by atoms with Crippen molar-refractivity contribution < 1.29 is 9.59 Å². The number of amides is 2. The summed E-state index contributed by atoms with van der Waals surface area (Å²) in [4.78, 5) is 29.8. The summed E-state index contributed by atoms with van der Waals surface area (Å²) in [7, 11) is 1.57. The number of thioether (sulfide) groups is 1. The van der Waals surface area contributed by atoms with Gasteiger partial charge in [-0.2, -0.15) is 0 Å². The van der Waals surface area contributed by atoms with Crippen LogP contribution in [0.25, 0.3) is 0 Å². The highest BCUT2D eigenvalue weighted by Crippen LogP contribution is 2.15. The summed E-state index contributed by atoms with van der Waals surface area (Å²) >= 11 is 7.36. The highest BCUT2D eigenvalue weighted by molar-refractivity contribution is 7.98. The van der Waals surface area contributed by atoms with Gasteiger partial charge in [0.2, 0.25) is 5.91 Å². The van der Waals surface area contributed by atoms with Gasteiger partial charge in [-0.3, -0.25) is 9.59 Å². The Labute approximate surface area is 144 Å². The Morgan fingerprint density at radius 2 is 2.09 bits per heavy atom. The highest BCUT2D eigenvalue weighted by atomic mass is 35.5. The molecule has 1 aromatic heterocycles. The molecule has 0 radical (unpaired) electrons. The van der Waals surface area contributed by atoms with Gasteiger partial charge in [0.1, 0.15) is 0 Å². The molecule has 5 nitrogen and oxygen atoms in total. The number of hydrogen-bond acceptors (Lipinski definition) is 4. The molecule has 0 saturated carbocycles. The lowest BCUT2D eigenvalue weighted by Crippen LogP contribution is -2.35. The molecule has 1 aromatic carbocycles. The van der Waals surface area contributed by atoms with Crippen molar-refractivity contribution in [2.75, 3.05) is 25.2 Å². The fraction of sp³-hybridized carbons (Fsp3) is 0.188. The monoisotopic (exact) mass is 349 g/mol. The van der Waals surface area contributed by atoms with E-state index in [1.165, 1.54) is 22.9 Å². The predicted molar refractivity (Wildman–Crippen MR) is 93.1 cm³/mol. The average molecular weight is 350 g/mol. The molecule has 1 N–H and O–H groups in total. The van der Waals surface area contributed by atoms with Crippen molar-refractivity contribution >= 4 is 40.9 Å². The number of pyridine rings is 1. The second kappa shape index (κ2) is 7.99. The maximum absolute atomic E-state index is 12.3. The molecule has 7 heteroatoms. The first kappa shape index (κ1) is 17.3. The van der Waals surface area contributed by atoms with Gasteiger partial charge in [-0.05, 0) is 36.6 Å². The third-order valence-corrected chi connectivity index (χ3v) is 3.92. The van der Waals surface area contributed by atoms with E-state index < -0.39 is 0 Å². The molecule has 2 aromatic rings. The van der Waals surface area contributed by atoms with Crippen molar-refractivity contribution in [2.45, 2.75) is 5.03 Å². The van der Waals surface area contributed by atoms with E-state index in [4.69, 9.17) is 11.6 Å². The van der Waals surface area contributed by atoms with Crippen molar-refractivity contribution in [1.82, 2.24) is 9.88 Å². The summed E-state index contributed by atoms with van der Waals surface area (Å²) in [6, 6.07) is 10.3. The smallest absolute Gasteiger partial charge is 0.255 e. The minimum absolute atomic E-state index is 0.0599. The quantitative estimate of drug-likeness (QED) is 0.842. The molecule has 0 aliphatic rings. The van der Waals surface area contributed by atoms with Gasteiger partial charge in [-0.15, -0.1) is 11.8 Å². The number of hydrogen-bond donors (Lipinski definition) is 1. The number of anilines is 1. The number of halogens is 1. The second-order valence-corrected chi connectivity index (χ2v) is 6.07. The second-order valence-electron chi connectivity index (χ2n) is 4.81. The Hall–Kier alpha value is -2.05. The number of nitrogens with zero attached hydrogens (tertiary/aromatic N) is 2. The van der Waals surface area contributed by atoms with E-state index in [2.05, 4.69) is 10.3 Å². The van der Waals surface area contributed by atoms with Crippen LogP contribution in [0.1, 0.15) is 10.4 Å². The van der Waals surface area contributed by atoms with Gasteiger partial charge in [0.25, 0.3) is 5.91 Å². The van der Waals surface area contributed by atoms with Crippen molar-refractivity contribution in [3.8, 4) is 0 Å². The Balaban J connectivity index is 1.95. The SMILES string of the molecule is CSc1ccc(C(=O)N(C)CC(=O)Nc2cccc(Cl)c2)cn1. The minimum atomic E-state index is -0.295. The van der Waals surface area contributed by atoms with Gasteiger partial charge in [-0.25, -0.2) is 4.98 Å². The van der Waals surface area contributed by atoms with Gasteiger partial charge >= 0.3 is 0 Å². The Kier molecular flexibility index (Phi) is 6.01. The van der Waals surface area contributed by atoms with Crippen LogP contribution in [0.4, 0.5) is 5.69 Å². The first-order valence-electron chi connectivity index (χ1n) is 6.80. The highest BCUT2D eigenvalue weighted by Gasteiger charge is 2.15. The maximum atomic E-state index is 12.3. The van der Waals surface area contributed by atoms with Crippen LogP contribution in [0.3, 0.4) is 0 Å². The Morgan fingerprint density at radius 3 is 2.70 bits per heavy atom. The number of rotatable bonds is 5. The van der Waals surface area contributed by atoms with Gasteiger partial charge in [0, 0.05) is 24.0 Å². The van der Waals surface area contributed by atoms with E-state index in [1.54, 1.807) is 43.4 Å². The molecule has 2 rings (SSSR count). The Bertz CT molecular complexity index is 707. The first-order valence-corrected chi connectivity index (χ1v) is 8.41. The molecule has 0 spiro atoms. The number of nitrogens with one attached hydrogen (secondary N) is 1. The molecule has 0 atom stereocenters. The topological polar surface area (TPSA) is 62.3 Å². The summed E-state index contributed by atoms with van der Waals surface area (Å²) in [5.74, 6) is -0.553. The van der Waals surface area contributed by atoms with Gasteiger partial charge in [0.05, 0.1) is 17.1 Å². The third-order valence-electron chi connectivity index (χ3n) is 3.03. The molecular formula is C16H16ClN3O2S. The summed E-state index contributed by atoms with van der Waals surface area (Å²) in [6.45, 7) is -0.0599. The number of benzene rings is 1. The zero-order valence-electron chi connectivity index (χ0n) is 12.7. The normalized spacial score (nSPS) is 10.2. The lowest BCUT2D eigenvalue weighted by Gasteiger charge is -2.17.